The van der Waals surface area contributed by atoms with Crippen LogP contribution in [0.25, 0.3) is 0 Å². The third kappa shape index (κ3) is 3.44. The lowest BCUT2D eigenvalue weighted by Crippen LogP contribution is -2.52. The Kier molecular flexibility index (Phi) is 4.98. The molecule has 0 aliphatic carbocycles. The minimum absolute atomic E-state index is 0. The third-order valence-electron chi connectivity index (χ3n) is 3.22. The van der Waals surface area contributed by atoms with Crippen molar-refractivity contribution < 1.29 is 4.79 Å². The van der Waals surface area contributed by atoms with Gasteiger partial charge in [0.05, 0.1) is 5.56 Å². The van der Waals surface area contributed by atoms with Gasteiger partial charge in [-0.2, -0.15) is 11.3 Å². The number of thiophene rings is 1. The second kappa shape index (κ2) is 5.85. The van der Waals surface area contributed by atoms with E-state index in [-0.39, 0.29) is 23.9 Å². The summed E-state index contributed by atoms with van der Waals surface area (Å²) in [5.74, 6) is 0.0724. The zero-order valence-electron chi connectivity index (χ0n) is 10.2. The van der Waals surface area contributed by atoms with Crippen molar-refractivity contribution in [2.24, 2.45) is 0 Å². The van der Waals surface area contributed by atoms with E-state index in [0.29, 0.717) is 0 Å². The van der Waals surface area contributed by atoms with Gasteiger partial charge in [-0.15, -0.1) is 12.4 Å². The minimum Gasteiger partial charge on any atom is -0.347 e. The zero-order valence-corrected chi connectivity index (χ0v) is 11.8. The smallest absolute Gasteiger partial charge is 0.252 e. The molecule has 2 heterocycles. The lowest BCUT2D eigenvalue weighted by Gasteiger charge is -2.35. The van der Waals surface area contributed by atoms with Crippen LogP contribution in [-0.4, -0.2) is 24.5 Å². The Bertz CT molecular complexity index is 386. The molecule has 2 rings (SSSR count). The fraction of sp³-hybridized carbons (Fsp3) is 0.583. The number of piperidine rings is 1. The van der Waals surface area contributed by atoms with Gasteiger partial charge in [0.25, 0.3) is 5.91 Å². The molecule has 0 saturated carbocycles. The largest absolute Gasteiger partial charge is 0.347 e. The van der Waals surface area contributed by atoms with Gasteiger partial charge in [0, 0.05) is 10.9 Å². The number of hydrogen-bond donors (Lipinski definition) is 2. The average molecular weight is 275 g/mol. The van der Waals surface area contributed by atoms with Crippen molar-refractivity contribution in [2.75, 3.05) is 13.1 Å². The molecule has 1 fully saturated rings. The molecule has 1 amide bonds. The Morgan fingerprint density at radius 2 is 2.06 bits per heavy atom. The highest BCUT2D eigenvalue weighted by Crippen LogP contribution is 2.20. The minimum atomic E-state index is -0.0449. The van der Waals surface area contributed by atoms with Crippen molar-refractivity contribution in [1.29, 1.82) is 0 Å². The summed E-state index contributed by atoms with van der Waals surface area (Å²) < 4.78 is 0. The summed E-state index contributed by atoms with van der Waals surface area (Å²) in [4.78, 5) is 12.1. The summed E-state index contributed by atoms with van der Waals surface area (Å²) in [7, 11) is 0. The molecule has 1 aliphatic rings. The van der Waals surface area contributed by atoms with E-state index in [9.17, 15) is 4.79 Å². The molecule has 0 unspecified atom stereocenters. The third-order valence-corrected chi connectivity index (χ3v) is 4.08. The first kappa shape index (κ1) is 14.5. The van der Waals surface area contributed by atoms with E-state index in [2.05, 4.69) is 17.6 Å². The lowest BCUT2D eigenvalue weighted by atomic mass is 9.90. The standard InChI is InChI=1S/C12H18N2OS.ClH/c1-9-7-16-8-10(9)11(15)14-12(2)3-5-13-6-4-12;/h7-8,13H,3-6H2,1-2H3,(H,14,15);1H. The quantitative estimate of drug-likeness (QED) is 0.869. The van der Waals surface area contributed by atoms with E-state index >= 15 is 0 Å². The number of carbonyl (C=O) groups excluding carboxylic acids is 1. The molecule has 1 saturated heterocycles. The molecule has 0 aromatic carbocycles. The lowest BCUT2D eigenvalue weighted by molar-refractivity contribution is 0.0887. The molecule has 0 radical (unpaired) electrons. The summed E-state index contributed by atoms with van der Waals surface area (Å²) in [6.07, 6.45) is 2.00. The SMILES string of the molecule is Cc1cscc1C(=O)NC1(C)CCNCC1.Cl. The van der Waals surface area contributed by atoms with Crippen LogP contribution >= 0.6 is 23.7 Å². The molecule has 5 heteroatoms. The molecule has 96 valence electrons. The van der Waals surface area contributed by atoms with Gasteiger partial charge >= 0.3 is 0 Å². The van der Waals surface area contributed by atoms with Gasteiger partial charge in [-0.25, -0.2) is 0 Å². The highest BCUT2D eigenvalue weighted by molar-refractivity contribution is 7.08. The van der Waals surface area contributed by atoms with Crippen LogP contribution in [0.3, 0.4) is 0 Å². The van der Waals surface area contributed by atoms with E-state index in [1.165, 1.54) is 0 Å². The molecular weight excluding hydrogens is 256 g/mol. The first-order chi connectivity index (χ1) is 7.61. The normalized spacial score (nSPS) is 18.2. The van der Waals surface area contributed by atoms with Crippen molar-refractivity contribution in [1.82, 2.24) is 10.6 Å². The van der Waals surface area contributed by atoms with Gasteiger partial charge in [0.1, 0.15) is 0 Å². The van der Waals surface area contributed by atoms with Crippen LogP contribution in [0, 0.1) is 6.92 Å². The van der Waals surface area contributed by atoms with Gasteiger partial charge in [-0.3, -0.25) is 4.79 Å². The Morgan fingerprint density at radius 1 is 1.41 bits per heavy atom. The second-order valence-corrected chi connectivity index (χ2v) is 5.48. The fourth-order valence-corrected chi connectivity index (χ4v) is 2.87. The number of halogens is 1. The van der Waals surface area contributed by atoms with Crippen molar-refractivity contribution in [3.8, 4) is 0 Å². The number of amides is 1. The zero-order chi connectivity index (χ0) is 11.6. The molecule has 0 bridgehead atoms. The molecule has 1 aromatic rings. The summed E-state index contributed by atoms with van der Waals surface area (Å²) in [5, 5.41) is 10.4. The highest BCUT2D eigenvalue weighted by Gasteiger charge is 2.29. The molecular formula is C12H19ClN2OS. The van der Waals surface area contributed by atoms with Crippen LogP contribution < -0.4 is 10.6 Å². The summed E-state index contributed by atoms with van der Waals surface area (Å²) in [5.41, 5.74) is 1.85. The molecule has 1 aromatic heterocycles. The maximum absolute atomic E-state index is 12.1. The Labute approximate surface area is 112 Å². The van der Waals surface area contributed by atoms with Gasteiger partial charge in [0.15, 0.2) is 0 Å². The van der Waals surface area contributed by atoms with Gasteiger partial charge in [-0.1, -0.05) is 0 Å². The van der Waals surface area contributed by atoms with Crippen LogP contribution in [0.5, 0.6) is 0 Å². The molecule has 0 spiro atoms. The van der Waals surface area contributed by atoms with Gasteiger partial charge in [-0.05, 0) is 50.7 Å². The monoisotopic (exact) mass is 274 g/mol. The van der Waals surface area contributed by atoms with Crippen molar-refractivity contribution in [3.05, 3.63) is 21.9 Å². The Hall–Kier alpha value is -0.580. The Balaban J connectivity index is 0.00000144. The summed E-state index contributed by atoms with van der Waals surface area (Å²) in [6.45, 7) is 6.09. The van der Waals surface area contributed by atoms with Crippen LogP contribution in [0.2, 0.25) is 0 Å². The average Bonchev–Trinajstić information content (AvgIpc) is 2.65. The topological polar surface area (TPSA) is 41.1 Å². The van der Waals surface area contributed by atoms with Crippen molar-refractivity contribution in [2.45, 2.75) is 32.2 Å². The van der Waals surface area contributed by atoms with Crippen molar-refractivity contribution in [3.63, 3.8) is 0 Å². The first-order valence-corrected chi connectivity index (χ1v) is 6.61. The van der Waals surface area contributed by atoms with E-state index in [0.717, 1.165) is 37.1 Å². The van der Waals surface area contributed by atoms with Crippen molar-refractivity contribution >= 4 is 29.7 Å². The van der Waals surface area contributed by atoms with Crippen LogP contribution in [-0.2, 0) is 0 Å². The first-order valence-electron chi connectivity index (χ1n) is 5.67. The molecule has 1 aliphatic heterocycles. The Morgan fingerprint density at radius 3 is 2.59 bits per heavy atom. The van der Waals surface area contributed by atoms with Crippen LogP contribution in [0.15, 0.2) is 10.8 Å². The van der Waals surface area contributed by atoms with E-state index in [4.69, 9.17) is 0 Å². The number of rotatable bonds is 2. The molecule has 3 nitrogen and oxygen atoms in total. The predicted octanol–water partition coefficient (Wildman–Crippen LogP) is 2.35. The number of aryl methyl sites for hydroxylation is 1. The van der Waals surface area contributed by atoms with Gasteiger partial charge < -0.3 is 10.6 Å². The second-order valence-electron chi connectivity index (χ2n) is 4.73. The number of carbonyl (C=O) groups is 1. The molecule has 0 atom stereocenters. The number of hydrogen-bond acceptors (Lipinski definition) is 3. The maximum Gasteiger partial charge on any atom is 0.252 e. The van der Waals surface area contributed by atoms with E-state index < -0.39 is 0 Å². The molecule has 2 N–H and O–H groups in total. The highest BCUT2D eigenvalue weighted by atomic mass is 35.5. The summed E-state index contributed by atoms with van der Waals surface area (Å²) >= 11 is 1.58. The van der Waals surface area contributed by atoms with E-state index in [1.807, 2.05) is 17.7 Å². The van der Waals surface area contributed by atoms with Crippen LogP contribution in [0.4, 0.5) is 0 Å². The fourth-order valence-electron chi connectivity index (χ4n) is 2.04. The van der Waals surface area contributed by atoms with Crippen LogP contribution in [0.1, 0.15) is 35.7 Å². The number of nitrogens with one attached hydrogen (secondary N) is 2. The van der Waals surface area contributed by atoms with Gasteiger partial charge in [0.2, 0.25) is 0 Å². The molecule has 17 heavy (non-hydrogen) atoms. The maximum atomic E-state index is 12.1. The predicted molar refractivity (Wildman–Crippen MR) is 74.3 cm³/mol. The summed E-state index contributed by atoms with van der Waals surface area (Å²) in [6, 6.07) is 0. The van der Waals surface area contributed by atoms with E-state index in [1.54, 1.807) is 11.3 Å².